The maximum Gasteiger partial charge on any atom is 0.297 e. The third-order valence-corrected chi connectivity index (χ3v) is 4.93. The van der Waals surface area contributed by atoms with Gasteiger partial charge in [0.15, 0.2) is 0 Å². The van der Waals surface area contributed by atoms with Crippen LogP contribution >= 0.6 is 0 Å². The van der Waals surface area contributed by atoms with Crippen LogP contribution in [0.25, 0.3) is 0 Å². The van der Waals surface area contributed by atoms with Crippen molar-refractivity contribution in [1.82, 2.24) is 0 Å². The highest BCUT2D eigenvalue weighted by Crippen LogP contribution is 2.28. The smallest absolute Gasteiger partial charge is 0.297 e. The molecule has 0 aliphatic heterocycles. The molecule has 1 aromatic carbocycles. The lowest BCUT2D eigenvalue weighted by atomic mass is 9.87. The lowest BCUT2D eigenvalue weighted by molar-refractivity contribution is -0.00471. The summed E-state index contributed by atoms with van der Waals surface area (Å²) in [5.41, 5.74) is 0.991. The van der Waals surface area contributed by atoms with E-state index in [1.165, 1.54) is 12.1 Å². The molecule has 0 heterocycles. The first-order valence-corrected chi connectivity index (χ1v) is 7.97. The Morgan fingerprint density at radius 2 is 1.84 bits per heavy atom. The molecule has 1 aliphatic rings. The van der Waals surface area contributed by atoms with E-state index in [1.54, 1.807) is 12.1 Å². The summed E-state index contributed by atoms with van der Waals surface area (Å²) in [6, 6.07) is 6.52. The Bertz CT molecular complexity index is 521. The van der Waals surface area contributed by atoms with Gasteiger partial charge in [0.2, 0.25) is 0 Å². The van der Waals surface area contributed by atoms with Gasteiger partial charge in [0.1, 0.15) is 6.10 Å². The van der Waals surface area contributed by atoms with E-state index in [4.69, 9.17) is 4.18 Å². The van der Waals surface area contributed by atoms with Crippen LogP contribution in [-0.4, -0.2) is 25.7 Å². The Labute approximate surface area is 114 Å². The molecule has 0 bridgehead atoms. The van der Waals surface area contributed by atoms with Gasteiger partial charge in [-0.05, 0) is 44.2 Å². The molecule has 19 heavy (non-hydrogen) atoms. The van der Waals surface area contributed by atoms with Gasteiger partial charge in [-0.3, -0.25) is 4.18 Å². The van der Waals surface area contributed by atoms with Gasteiger partial charge in [-0.2, -0.15) is 8.42 Å². The van der Waals surface area contributed by atoms with Crippen LogP contribution in [0.15, 0.2) is 29.2 Å². The quantitative estimate of drug-likeness (QED) is 0.865. The lowest BCUT2D eigenvalue weighted by Gasteiger charge is -2.30. The number of aliphatic hydroxyl groups is 1. The Hall–Kier alpha value is -0.910. The van der Waals surface area contributed by atoms with Crippen molar-refractivity contribution in [2.24, 2.45) is 5.92 Å². The van der Waals surface area contributed by atoms with Gasteiger partial charge in [-0.15, -0.1) is 0 Å². The molecular formula is C14H20O4S. The zero-order valence-electron chi connectivity index (χ0n) is 11.2. The van der Waals surface area contributed by atoms with E-state index in [0.29, 0.717) is 18.8 Å². The first kappa shape index (κ1) is 14.5. The number of rotatable bonds is 3. The molecule has 0 amide bonds. The van der Waals surface area contributed by atoms with Crippen molar-refractivity contribution in [1.29, 1.82) is 0 Å². The zero-order chi connectivity index (χ0) is 14.0. The normalized spacial score (nSPS) is 28.3. The van der Waals surface area contributed by atoms with Gasteiger partial charge in [0.05, 0.1) is 11.0 Å². The highest BCUT2D eigenvalue weighted by molar-refractivity contribution is 7.86. The molecule has 0 radical (unpaired) electrons. The van der Waals surface area contributed by atoms with Crippen LogP contribution < -0.4 is 0 Å². The summed E-state index contributed by atoms with van der Waals surface area (Å²) in [5, 5.41) is 9.90. The Morgan fingerprint density at radius 3 is 2.42 bits per heavy atom. The maximum atomic E-state index is 12.1. The summed E-state index contributed by atoms with van der Waals surface area (Å²) < 4.78 is 29.4. The van der Waals surface area contributed by atoms with Crippen molar-refractivity contribution in [2.75, 3.05) is 0 Å². The van der Waals surface area contributed by atoms with Crippen molar-refractivity contribution in [3.63, 3.8) is 0 Å². The molecule has 0 spiro atoms. The van der Waals surface area contributed by atoms with Gasteiger partial charge in [0, 0.05) is 0 Å². The van der Waals surface area contributed by atoms with Crippen molar-refractivity contribution in [3.8, 4) is 0 Å². The average molecular weight is 284 g/mol. The van der Waals surface area contributed by atoms with E-state index >= 15 is 0 Å². The predicted molar refractivity (Wildman–Crippen MR) is 72.3 cm³/mol. The largest absolute Gasteiger partial charge is 0.390 e. The minimum atomic E-state index is -3.79. The molecule has 0 aromatic heterocycles. The molecule has 1 saturated carbocycles. The first-order valence-electron chi connectivity index (χ1n) is 6.56. The van der Waals surface area contributed by atoms with Crippen LogP contribution in [0.5, 0.6) is 0 Å². The second-order valence-electron chi connectivity index (χ2n) is 5.39. The fraction of sp³-hybridized carbons (Fsp3) is 0.571. The maximum absolute atomic E-state index is 12.1. The van der Waals surface area contributed by atoms with Crippen LogP contribution in [0, 0.1) is 12.8 Å². The minimum absolute atomic E-state index is 0.143. The van der Waals surface area contributed by atoms with E-state index in [9.17, 15) is 13.5 Å². The third kappa shape index (κ3) is 3.55. The van der Waals surface area contributed by atoms with Crippen LogP contribution in [0.2, 0.25) is 0 Å². The molecule has 2 rings (SSSR count). The van der Waals surface area contributed by atoms with Crippen LogP contribution in [0.1, 0.15) is 31.7 Å². The SMILES string of the molecule is Cc1ccc(S(=O)(=O)OC2CCC(C)CC2O)cc1. The van der Waals surface area contributed by atoms with Crippen molar-refractivity contribution in [3.05, 3.63) is 29.8 Å². The Kier molecular flexibility index (Phi) is 4.28. The Morgan fingerprint density at radius 1 is 1.21 bits per heavy atom. The fourth-order valence-electron chi connectivity index (χ4n) is 2.36. The van der Waals surface area contributed by atoms with Gasteiger partial charge in [0.25, 0.3) is 10.1 Å². The van der Waals surface area contributed by atoms with Crippen molar-refractivity contribution >= 4 is 10.1 Å². The summed E-state index contributed by atoms with van der Waals surface area (Å²) in [7, 11) is -3.79. The number of benzene rings is 1. The van der Waals surface area contributed by atoms with Gasteiger partial charge < -0.3 is 5.11 Å². The number of aliphatic hydroxyl groups excluding tert-OH is 1. The highest BCUT2D eigenvalue weighted by atomic mass is 32.2. The summed E-state index contributed by atoms with van der Waals surface area (Å²) in [5.74, 6) is 0.414. The van der Waals surface area contributed by atoms with Gasteiger partial charge in [-0.25, -0.2) is 0 Å². The second kappa shape index (κ2) is 5.61. The third-order valence-electron chi connectivity index (χ3n) is 3.58. The monoisotopic (exact) mass is 284 g/mol. The molecule has 106 valence electrons. The molecular weight excluding hydrogens is 264 g/mol. The van der Waals surface area contributed by atoms with Crippen LogP contribution in [-0.2, 0) is 14.3 Å². The molecule has 1 aliphatic carbocycles. The minimum Gasteiger partial charge on any atom is -0.390 e. The van der Waals surface area contributed by atoms with E-state index in [0.717, 1.165) is 12.0 Å². The summed E-state index contributed by atoms with van der Waals surface area (Å²) in [6.45, 7) is 3.94. The van der Waals surface area contributed by atoms with Crippen LogP contribution in [0.3, 0.4) is 0 Å². The van der Waals surface area contributed by atoms with Crippen molar-refractivity contribution in [2.45, 2.75) is 50.2 Å². The van der Waals surface area contributed by atoms with E-state index in [-0.39, 0.29) is 4.90 Å². The van der Waals surface area contributed by atoms with E-state index in [2.05, 4.69) is 0 Å². The van der Waals surface area contributed by atoms with Gasteiger partial charge >= 0.3 is 0 Å². The summed E-state index contributed by atoms with van der Waals surface area (Å²) in [4.78, 5) is 0.143. The Balaban J connectivity index is 2.11. The molecule has 0 saturated heterocycles. The lowest BCUT2D eigenvalue weighted by Crippen LogP contribution is -2.36. The molecule has 5 heteroatoms. The highest BCUT2D eigenvalue weighted by Gasteiger charge is 2.32. The molecule has 4 nitrogen and oxygen atoms in total. The second-order valence-corrected chi connectivity index (χ2v) is 6.96. The van der Waals surface area contributed by atoms with E-state index < -0.39 is 22.3 Å². The van der Waals surface area contributed by atoms with Crippen molar-refractivity contribution < 1.29 is 17.7 Å². The van der Waals surface area contributed by atoms with E-state index in [1.807, 2.05) is 13.8 Å². The molecule has 1 N–H and O–H groups in total. The number of hydrogen-bond donors (Lipinski definition) is 1. The standard InChI is InChI=1S/C14H20O4S/c1-10-3-6-12(7-4-10)19(16,17)18-14-8-5-11(2)9-13(14)15/h3-4,6-7,11,13-15H,5,8-9H2,1-2H3. The fourth-order valence-corrected chi connectivity index (χ4v) is 3.49. The number of hydrogen-bond acceptors (Lipinski definition) is 4. The average Bonchev–Trinajstić information content (AvgIpc) is 2.33. The van der Waals surface area contributed by atoms with Gasteiger partial charge in [-0.1, -0.05) is 24.6 Å². The molecule has 3 atom stereocenters. The summed E-state index contributed by atoms with van der Waals surface area (Å²) >= 11 is 0. The topological polar surface area (TPSA) is 63.6 Å². The zero-order valence-corrected chi connectivity index (χ0v) is 12.1. The molecule has 1 fully saturated rings. The molecule has 3 unspecified atom stereocenters. The molecule has 1 aromatic rings. The first-order chi connectivity index (χ1) is 8.88. The predicted octanol–water partition coefficient (Wildman–Crippen LogP) is 2.25. The summed E-state index contributed by atoms with van der Waals surface area (Å²) in [6.07, 6.45) is 0.721. The number of aryl methyl sites for hydroxylation is 1. The van der Waals surface area contributed by atoms with Crippen LogP contribution in [0.4, 0.5) is 0 Å².